The van der Waals surface area contributed by atoms with E-state index in [2.05, 4.69) is 6.92 Å². The quantitative estimate of drug-likeness (QED) is 0.847. The Morgan fingerprint density at radius 3 is 2.14 bits per heavy atom. The lowest BCUT2D eigenvalue weighted by Gasteiger charge is -2.34. The second-order valence-electron chi connectivity index (χ2n) is 6.36. The van der Waals surface area contributed by atoms with Crippen LogP contribution in [0.25, 0.3) is 0 Å². The number of piperazine rings is 1. The topological polar surface area (TPSA) is 57.7 Å². The summed E-state index contributed by atoms with van der Waals surface area (Å²) in [5.41, 5.74) is 1.04. The highest BCUT2D eigenvalue weighted by molar-refractivity contribution is 7.89. The molecule has 5 nitrogen and oxygen atoms in total. The smallest absolute Gasteiger partial charge is 0.243 e. The molecule has 1 aromatic rings. The fraction of sp³-hybridized carbons (Fsp3) is 0.562. The van der Waals surface area contributed by atoms with E-state index in [4.69, 9.17) is 0 Å². The summed E-state index contributed by atoms with van der Waals surface area (Å²) in [5, 5.41) is 0. The molecule has 0 aromatic heterocycles. The van der Waals surface area contributed by atoms with Crippen LogP contribution in [0.15, 0.2) is 29.2 Å². The van der Waals surface area contributed by atoms with Crippen molar-refractivity contribution in [3.8, 4) is 0 Å². The molecule has 2 aliphatic rings. The molecular weight excluding hydrogens is 300 g/mol. The van der Waals surface area contributed by atoms with Crippen LogP contribution >= 0.6 is 0 Å². The lowest BCUT2D eigenvalue weighted by atomic mass is 10.2. The fourth-order valence-electron chi connectivity index (χ4n) is 2.91. The number of aryl methyl sites for hydroxylation is 1. The maximum absolute atomic E-state index is 12.6. The van der Waals surface area contributed by atoms with Gasteiger partial charge in [0.1, 0.15) is 0 Å². The lowest BCUT2D eigenvalue weighted by molar-refractivity contribution is -0.134. The first kappa shape index (κ1) is 15.5. The van der Waals surface area contributed by atoms with E-state index in [1.54, 1.807) is 24.3 Å². The SMILES string of the molecule is Cc1ccc(S(=O)(=O)N2CCN(C(=O)[C@H]3C[C@@H]3C)CC2)cc1. The summed E-state index contributed by atoms with van der Waals surface area (Å²) < 4.78 is 26.7. The van der Waals surface area contributed by atoms with E-state index >= 15 is 0 Å². The normalized spacial score (nSPS) is 26.0. The Labute approximate surface area is 132 Å². The van der Waals surface area contributed by atoms with Crippen LogP contribution in [0.4, 0.5) is 0 Å². The van der Waals surface area contributed by atoms with E-state index < -0.39 is 10.0 Å². The van der Waals surface area contributed by atoms with Gasteiger partial charge < -0.3 is 4.90 Å². The predicted octanol–water partition coefficient (Wildman–Crippen LogP) is 1.48. The number of nitrogens with zero attached hydrogens (tertiary/aromatic N) is 2. The van der Waals surface area contributed by atoms with Crippen molar-refractivity contribution in [2.24, 2.45) is 11.8 Å². The number of hydrogen-bond donors (Lipinski definition) is 0. The van der Waals surface area contributed by atoms with E-state index in [1.807, 2.05) is 11.8 Å². The molecule has 1 amide bonds. The summed E-state index contributed by atoms with van der Waals surface area (Å²) in [4.78, 5) is 14.3. The van der Waals surface area contributed by atoms with Crippen molar-refractivity contribution in [1.82, 2.24) is 9.21 Å². The average Bonchev–Trinajstić information content (AvgIpc) is 3.24. The van der Waals surface area contributed by atoms with Crippen molar-refractivity contribution in [2.45, 2.75) is 25.2 Å². The van der Waals surface area contributed by atoms with Gasteiger partial charge in [0.05, 0.1) is 4.90 Å². The molecule has 1 saturated heterocycles. The Hall–Kier alpha value is -1.40. The lowest BCUT2D eigenvalue weighted by Crippen LogP contribution is -2.51. The van der Waals surface area contributed by atoms with E-state index in [0.717, 1.165) is 12.0 Å². The summed E-state index contributed by atoms with van der Waals surface area (Å²) >= 11 is 0. The summed E-state index contributed by atoms with van der Waals surface area (Å²) in [6.07, 6.45) is 0.973. The van der Waals surface area contributed by atoms with Crippen LogP contribution in [0.3, 0.4) is 0 Å². The molecule has 2 fully saturated rings. The second-order valence-corrected chi connectivity index (χ2v) is 8.30. The minimum absolute atomic E-state index is 0.167. The Morgan fingerprint density at radius 2 is 1.64 bits per heavy atom. The van der Waals surface area contributed by atoms with Gasteiger partial charge in [-0.3, -0.25) is 4.79 Å². The Bertz CT molecular complexity index is 661. The van der Waals surface area contributed by atoms with Gasteiger partial charge in [-0.1, -0.05) is 24.6 Å². The maximum Gasteiger partial charge on any atom is 0.243 e. The maximum atomic E-state index is 12.6. The Morgan fingerprint density at radius 1 is 1.09 bits per heavy atom. The van der Waals surface area contributed by atoms with Crippen LogP contribution in [-0.2, 0) is 14.8 Å². The van der Waals surface area contributed by atoms with Crippen LogP contribution in [0.2, 0.25) is 0 Å². The zero-order chi connectivity index (χ0) is 15.9. The van der Waals surface area contributed by atoms with Crippen LogP contribution in [-0.4, -0.2) is 49.7 Å². The summed E-state index contributed by atoms with van der Waals surface area (Å²) in [6.45, 7) is 5.76. The van der Waals surface area contributed by atoms with E-state index in [1.165, 1.54) is 4.31 Å². The summed E-state index contributed by atoms with van der Waals surface area (Å²) in [6, 6.07) is 6.91. The molecule has 1 aliphatic carbocycles. The molecular formula is C16H22N2O3S. The minimum atomic E-state index is -3.45. The molecule has 3 rings (SSSR count). The number of carbonyl (C=O) groups excluding carboxylic acids is 1. The third-order valence-corrected chi connectivity index (χ3v) is 6.55. The molecule has 0 radical (unpaired) electrons. The highest BCUT2D eigenvalue weighted by Crippen LogP contribution is 2.39. The van der Waals surface area contributed by atoms with Crippen molar-refractivity contribution in [3.63, 3.8) is 0 Å². The molecule has 0 spiro atoms. The van der Waals surface area contributed by atoms with Gasteiger partial charge in [-0.15, -0.1) is 0 Å². The van der Waals surface area contributed by atoms with E-state index in [0.29, 0.717) is 37.0 Å². The number of carbonyl (C=O) groups is 1. The summed E-state index contributed by atoms with van der Waals surface area (Å²) in [5.74, 6) is 0.849. The van der Waals surface area contributed by atoms with Crippen molar-refractivity contribution < 1.29 is 13.2 Å². The van der Waals surface area contributed by atoms with Gasteiger partial charge in [-0.25, -0.2) is 8.42 Å². The van der Waals surface area contributed by atoms with Gasteiger partial charge in [0.25, 0.3) is 0 Å². The van der Waals surface area contributed by atoms with Crippen LogP contribution in [0.1, 0.15) is 18.9 Å². The van der Waals surface area contributed by atoms with E-state index in [9.17, 15) is 13.2 Å². The van der Waals surface area contributed by atoms with Gasteiger partial charge in [0.15, 0.2) is 0 Å². The van der Waals surface area contributed by atoms with Gasteiger partial charge in [0.2, 0.25) is 15.9 Å². The predicted molar refractivity (Wildman–Crippen MR) is 83.8 cm³/mol. The zero-order valence-electron chi connectivity index (χ0n) is 13.0. The van der Waals surface area contributed by atoms with E-state index in [-0.39, 0.29) is 11.8 Å². The molecule has 120 valence electrons. The Kier molecular flexibility index (Phi) is 3.99. The number of sulfonamides is 1. The molecule has 0 N–H and O–H groups in total. The van der Waals surface area contributed by atoms with Crippen LogP contribution in [0, 0.1) is 18.8 Å². The molecule has 6 heteroatoms. The third-order valence-electron chi connectivity index (χ3n) is 4.64. The number of rotatable bonds is 3. The first-order valence-electron chi connectivity index (χ1n) is 7.75. The number of benzene rings is 1. The van der Waals surface area contributed by atoms with Crippen LogP contribution < -0.4 is 0 Å². The molecule has 2 atom stereocenters. The fourth-order valence-corrected chi connectivity index (χ4v) is 4.33. The second kappa shape index (κ2) is 5.66. The first-order chi connectivity index (χ1) is 10.4. The Balaban J connectivity index is 1.65. The first-order valence-corrected chi connectivity index (χ1v) is 9.19. The standard InChI is InChI=1S/C16H22N2O3S/c1-12-3-5-14(6-4-12)22(20,21)18-9-7-17(8-10-18)16(19)15-11-13(15)2/h3-6,13,15H,7-11H2,1-2H3/t13-,15-/m0/s1. The van der Waals surface area contributed by atoms with Crippen molar-refractivity contribution in [3.05, 3.63) is 29.8 Å². The van der Waals surface area contributed by atoms with Gasteiger partial charge in [0, 0.05) is 32.1 Å². The minimum Gasteiger partial charge on any atom is -0.340 e. The van der Waals surface area contributed by atoms with Crippen molar-refractivity contribution >= 4 is 15.9 Å². The molecule has 0 unspecified atom stereocenters. The molecule has 22 heavy (non-hydrogen) atoms. The molecule has 1 saturated carbocycles. The molecule has 1 heterocycles. The molecule has 0 bridgehead atoms. The zero-order valence-corrected chi connectivity index (χ0v) is 13.8. The summed E-state index contributed by atoms with van der Waals surface area (Å²) in [7, 11) is -3.45. The monoisotopic (exact) mass is 322 g/mol. The van der Waals surface area contributed by atoms with Crippen molar-refractivity contribution in [2.75, 3.05) is 26.2 Å². The van der Waals surface area contributed by atoms with Gasteiger partial charge in [-0.05, 0) is 31.4 Å². The van der Waals surface area contributed by atoms with Crippen molar-refractivity contribution in [1.29, 1.82) is 0 Å². The highest BCUT2D eigenvalue weighted by Gasteiger charge is 2.42. The van der Waals surface area contributed by atoms with Gasteiger partial charge >= 0.3 is 0 Å². The number of amides is 1. The average molecular weight is 322 g/mol. The number of hydrogen-bond acceptors (Lipinski definition) is 3. The molecule has 1 aliphatic heterocycles. The highest BCUT2D eigenvalue weighted by atomic mass is 32.2. The van der Waals surface area contributed by atoms with Crippen LogP contribution in [0.5, 0.6) is 0 Å². The molecule has 1 aromatic carbocycles. The largest absolute Gasteiger partial charge is 0.340 e. The van der Waals surface area contributed by atoms with Gasteiger partial charge in [-0.2, -0.15) is 4.31 Å². The third kappa shape index (κ3) is 2.90.